The number of amides is 1. The number of nitrogens with zero attached hydrogens (tertiary/aromatic N) is 4. The van der Waals surface area contributed by atoms with E-state index < -0.39 is 0 Å². The number of pyridine rings is 1. The van der Waals surface area contributed by atoms with Crippen LogP contribution >= 0.6 is 23.1 Å². The first-order valence-corrected chi connectivity index (χ1v) is 9.36. The van der Waals surface area contributed by atoms with Gasteiger partial charge >= 0.3 is 0 Å². The molecule has 0 N–H and O–H groups in total. The lowest BCUT2D eigenvalue weighted by Crippen LogP contribution is -2.36. The van der Waals surface area contributed by atoms with E-state index in [9.17, 15) is 4.79 Å². The maximum absolute atomic E-state index is 12.4. The molecule has 6 nitrogen and oxygen atoms in total. The number of hydrogen-bond donors (Lipinski definition) is 0. The molecule has 0 spiro atoms. The van der Waals surface area contributed by atoms with Crippen LogP contribution in [0.15, 0.2) is 45.6 Å². The quantitative estimate of drug-likeness (QED) is 0.668. The fourth-order valence-electron chi connectivity index (χ4n) is 2.55. The Morgan fingerprint density at radius 2 is 2.33 bits per heavy atom. The van der Waals surface area contributed by atoms with Gasteiger partial charge in [-0.25, -0.2) is 0 Å². The van der Waals surface area contributed by atoms with Crippen molar-refractivity contribution < 1.29 is 9.21 Å². The van der Waals surface area contributed by atoms with Crippen molar-refractivity contribution in [3.63, 3.8) is 0 Å². The van der Waals surface area contributed by atoms with Gasteiger partial charge in [0, 0.05) is 30.4 Å². The lowest BCUT2D eigenvalue weighted by Gasteiger charge is -2.26. The van der Waals surface area contributed by atoms with Crippen LogP contribution in [0.25, 0.3) is 11.5 Å². The van der Waals surface area contributed by atoms with Gasteiger partial charge < -0.3 is 9.32 Å². The molecule has 0 aromatic carbocycles. The molecule has 0 aliphatic carbocycles. The third kappa shape index (κ3) is 3.20. The molecule has 0 saturated heterocycles. The molecule has 8 heteroatoms. The van der Waals surface area contributed by atoms with Crippen LogP contribution < -0.4 is 0 Å². The van der Waals surface area contributed by atoms with E-state index in [0.29, 0.717) is 23.4 Å². The third-order valence-corrected chi connectivity index (χ3v) is 5.62. The molecule has 3 aromatic rings. The van der Waals surface area contributed by atoms with Crippen molar-refractivity contribution in [1.29, 1.82) is 0 Å². The van der Waals surface area contributed by atoms with Crippen molar-refractivity contribution in [2.45, 2.75) is 18.2 Å². The monoisotopic (exact) mass is 358 g/mol. The second-order valence-electron chi connectivity index (χ2n) is 5.34. The van der Waals surface area contributed by atoms with Crippen molar-refractivity contribution in [3.8, 4) is 11.5 Å². The maximum atomic E-state index is 12.4. The highest BCUT2D eigenvalue weighted by Crippen LogP contribution is 2.26. The van der Waals surface area contributed by atoms with E-state index in [-0.39, 0.29) is 5.91 Å². The number of rotatable bonds is 4. The normalized spacial score (nSPS) is 13.8. The summed E-state index contributed by atoms with van der Waals surface area (Å²) in [6.45, 7) is 1.47. The standard InChI is InChI=1S/C16H14N4O2S2/c21-14(20-6-3-13-12(9-20)4-7-23-13)10-24-16-19-18-15(22-16)11-2-1-5-17-8-11/h1-2,4-5,7-8H,3,6,9-10H2. The minimum atomic E-state index is 0.0953. The molecule has 3 aromatic heterocycles. The first-order valence-electron chi connectivity index (χ1n) is 7.49. The Labute approximate surface area is 146 Å². The van der Waals surface area contributed by atoms with Crippen molar-refractivity contribution >= 4 is 29.0 Å². The summed E-state index contributed by atoms with van der Waals surface area (Å²) in [4.78, 5) is 19.7. The van der Waals surface area contributed by atoms with Gasteiger partial charge in [-0.3, -0.25) is 9.78 Å². The highest BCUT2D eigenvalue weighted by atomic mass is 32.2. The van der Waals surface area contributed by atoms with Gasteiger partial charge in [0.1, 0.15) is 0 Å². The van der Waals surface area contributed by atoms with E-state index in [2.05, 4.69) is 26.6 Å². The van der Waals surface area contributed by atoms with Crippen LogP contribution in [0.3, 0.4) is 0 Å². The van der Waals surface area contributed by atoms with Crippen LogP contribution in [0.1, 0.15) is 10.4 Å². The van der Waals surface area contributed by atoms with Gasteiger partial charge in [-0.2, -0.15) is 0 Å². The highest BCUT2D eigenvalue weighted by Gasteiger charge is 2.22. The molecule has 24 heavy (non-hydrogen) atoms. The van der Waals surface area contributed by atoms with Gasteiger partial charge in [-0.05, 0) is 35.6 Å². The van der Waals surface area contributed by atoms with Crippen LogP contribution in [0.5, 0.6) is 0 Å². The summed E-state index contributed by atoms with van der Waals surface area (Å²) in [6.07, 6.45) is 4.29. The smallest absolute Gasteiger partial charge is 0.277 e. The Morgan fingerprint density at radius 1 is 1.38 bits per heavy atom. The number of carbonyl (C=O) groups excluding carboxylic acids is 1. The third-order valence-electron chi connectivity index (χ3n) is 3.79. The number of thiophene rings is 1. The zero-order valence-corrected chi connectivity index (χ0v) is 14.3. The van der Waals surface area contributed by atoms with Crippen LogP contribution in [0.2, 0.25) is 0 Å². The van der Waals surface area contributed by atoms with Crippen LogP contribution in [0.4, 0.5) is 0 Å². The molecule has 0 radical (unpaired) electrons. The van der Waals surface area contributed by atoms with Gasteiger partial charge in [0.05, 0.1) is 11.3 Å². The molecule has 4 heterocycles. The second-order valence-corrected chi connectivity index (χ2v) is 7.27. The zero-order valence-electron chi connectivity index (χ0n) is 12.7. The zero-order chi connectivity index (χ0) is 16.4. The first-order chi connectivity index (χ1) is 11.8. The topological polar surface area (TPSA) is 72.1 Å². The fraction of sp³-hybridized carbons (Fsp3) is 0.250. The number of carbonyl (C=O) groups is 1. The first kappa shape index (κ1) is 15.3. The molecule has 0 fully saturated rings. The Hall–Kier alpha value is -2.19. The Morgan fingerprint density at radius 3 is 3.21 bits per heavy atom. The Balaban J connectivity index is 1.36. The molecule has 122 valence electrons. The number of fused-ring (bicyclic) bond motifs is 1. The summed E-state index contributed by atoms with van der Waals surface area (Å²) in [7, 11) is 0. The van der Waals surface area contributed by atoms with E-state index in [1.165, 1.54) is 22.2 Å². The van der Waals surface area contributed by atoms with Crippen molar-refractivity contribution in [3.05, 3.63) is 46.4 Å². The molecule has 1 aliphatic rings. The van der Waals surface area contributed by atoms with Gasteiger partial charge in [-0.15, -0.1) is 21.5 Å². The Kier molecular flexibility index (Phi) is 4.31. The molecule has 0 atom stereocenters. The van der Waals surface area contributed by atoms with E-state index in [1.807, 2.05) is 17.0 Å². The molecule has 4 rings (SSSR count). The molecule has 1 aliphatic heterocycles. The molecular formula is C16H14N4O2S2. The number of hydrogen-bond acceptors (Lipinski definition) is 7. The predicted octanol–water partition coefficient (Wildman–Crippen LogP) is 2.87. The minimum absolute atomic E-state index is 0.0953. The lowest BCUT2D eigenvalue weighted by molar-refractivity contribution is -0.129. The molecular weight excluding hydrogens is 344 g/mol. The molecule has 0 bridgehead atoms. The van der Waals surface area contributed by atoms with E-state index in [4.69, 9.17) is 4.42 Å². The summed E-state index contributed by atoms with van der Waals surface area (Å²) in [6, 6.07) is 5.77. The van der Waals surface area contributed by atoms with Crippen molar-refractivity contribution in [2.24, 2.45) is 0 Å². The van der Waals surface area contributed by atoms with Crippen molar-refractivity contribution in [2.75, 3.05) is 12.3 Å². The van der Waals surface area contributed by atoms with Crippen molar-refractivity contribution in [1.82, 2.24) is 20.1 Å². The maximum Gasteiger partial charge on any atom is 0.277 e. The van der Waals surface area contributed by atoms with Crippen LogP contribution in [0, 0.1) is 0 Å². The molecule has 0 unspecified atom stereocenters. The number of thioether (sulfide) groups is 1. The molecule has 1 amide bonds. The SMILES string of the molecule is O=C(CSc1nnc(-c2cccnc2)o1)N1CCc2sccc2C1. The summed E-state index contributed by atoms with van der Waals surface area (Å²) < 4.78 is 5.58. The summed E-state index contributed by atoms with van der Waals surface area (Å²) in [5.41, 5.74) is 2.03. The second kappa shape index (κ2) is 6.74. The average Bonchev–Trinajstić information content (AvgIpc) is 3.29. The Bertz CT molecular complexity index is 847. The van der Waals surface area contributed by atoms with Crippen LogP contribution in [-0.4, -0.2) is 38.3 Å². The molecule has 0 saturated carbocycles. The van der Waals surface area contributed by atoms with Gasteiger partial charge in [0.15, 0.2) is 0 Å². The fourth-order valence-corrected chi connectivity index (χ4v) is 4.11. The average molecular weight is 358 g/mol. The van der Waals surface area contributed by atoms with E-state index in [0.717, 1.165) is 18.5 Å². The van der Waals surface area contributed by atoms with Gasteiger partial charge in [0.2, 0.25) is 11.8 Å². The van der Waals surface area contributed by atoms with Crippen LogP contribution in [-0.2, 0) is 17.8 Å². The van der Waals surface area contributed by atoms with E-state index in [1.54, 1.807) is 23.7 Å². The summed E-state index contributed by atoms with van der Waals surface area (Å²) >= 11 is 3.04. The predicted molar refractivity (Wildman–Crippen MR) is 91.7 cm³/mol. The van der Waals surface area contributed by atoms with Gasteiger partial charge in [-0.1, -0.05) is 11.8 Å². The van der Waals surface area contributed by atoms with E-state index >= 15 is 0 Å². The highest BCUT2D eigenvalue weighted by molar-refractivity contribution is 7.99. The largest absolute Gasteiger partial charge is 0.411 e. The summed E-state index contributed by atoms with van der Waals surface area (Å²) in [5.74, 6) is 0.811. The minimum Gasteiger partial charge on any atom is -0.411 e. The summed E-state index contributed by atoms with van der Waals surface area (Å²) in [5, 5.41) is 10.5. The number of aromatic nitrogens is 3. The lowest BCUT2D eigenvalue weighted by atomic mass is 10.1. The van der Waals surface area contributed by atoms with Gasteiger partial charge in [0.25, 0.3) is 5.22 Å².